The number of anilines is 1. The Balaban J connectivity index is 1.62. The Morgan fingerprint density at radius 2 is 2.18 bits per heavy atom. The minimum Gasteiger partial charge on any atom is -0.370 e. The molecule has 1 saturated carbocycles. The number of nitrogens with one attached hydrogen (secondary N) is 1. The molecule has 2 aromatic heterocycles. The van der Waals surface area contributed by atoms with Gasteiger partial charge in [0.05, 0.1) is 0 Å². The van der Waals surface area contributed by atoms with Gasteiger partial charge >= 0.3 is 0 Å². The highest BCUT2D eigenvalue weighted by molar-refractivity contribution is 7.17. The van der Waals surface area contributed by atoms with E-state index in [0.29, 0.717) is 0 Å². The van der Waals surface area contributed by atoms with E-state index in [1.165, 1.54) is 42.2 Å². The van der Waals surface area contributed by atoms with Crippen LogP contribution >= 0.6 is 11.3 Å². The van der Waals surface area contributed by atoms with E-state index in [0.717, 1.165) is 18.3 Å². The number of fused-ring (bicyclic) bond motifs is 1. The molecule has 1 aliphatic rings. The van der Waals surface area contributed by atoms with Gasteiger partial charge in [0, 0.05) is 22.8 Å². The van der Waals surface area contributed by atoms with Gasteiger partial charge in [-0.25, -0.2) is 4.98 Å². The summed E-state index contributed by atoms with van der Waals surface area (Å²) in [5.74, 6) is 2.01. The lowest BCUT2D eigenvalue weighted by Crippen LogP contribution is -2.07. The van der Waals surface area contributed by atoms with Gasteiger partial charge in [-0.05, 0) is 29.9 Å². The Morgan fingerprint density at radius 3 is 3.06 bits per heavy atom. The third kappa shape index (κ3) is 2.44. The number of aromatic nitrogens is 1. The molecule has 0 aromatic carbocycles. The minimum absolute atomic E-state index is 0.948. The SMILES string of the molecule is c1cc2sccc2c(NCCC2CCCC2)n1. The summed E-state index contributed by atoms with van der Waals surface area (Å²) in [6.07, 6.45) is 8.92. The van der Waals surface area contributed by atoms with Crippen molar-refractivity contribution in [1.29, 1.82) is 0 Å². The molecule has 0 atom stereocenters. The van der Waals surface area contributed by atoms with E-state index in [2.05, 4.69) is 27.8 Å². The summed E-state index contributed by atoms with van der Waals surface area (Å²) >= 11 is 1.78. The topological polar surface area (TPSA) is 24.9 Å². The molecule has 1 N–H and O–H groups in total. The van der Waals surface area contributed by atoms with Crippen molar-refractivity contribution in [3.63, 3.8) is 0 Å². The van der Waals surface area contributed by atoms with Crippen LogP contribution in [0.5, 0.6) is 0 Å². The number of nitrogens with zero attached hydrogens (tertiary/aromatic N) is 1. The lowest BCUT2D eigenvalue weighted by Gasteiger charge is -2.10. The van der Waals surface area contributed by atoms with Crippen LogP contribution < -0.4 is 5.32 Å². The molecule has 0 saturated heterocycles. The maximum atomic E-state index is 4.44. The molecule has 2 aromatic rings. The standard InChI is InChI=1S/C14H18N2S/c1-2-4-11(3-1)5-8-15-14-12-7-10-17-13(12)6-9-16-14/h6-7,9-11H,1-5,8H2,(H,15,16). The maximum Gasteiger partial charge on any atom is 0.134 e. The Labute approximate surface area is 106 Å². The zero-order valence-electron chi connectivity index (χ0n) is 9.98. The van der Waals surface area contributed by atoms with Gasteiger partial charge < -0.3 is 5.32 Å². The quantitative estimate of drug-likeness (QED) is 0.870. The molecular formula is C14H18N2S. The second kappa shape index (κ2) is 5.05. The van der Waals surface area contributed by atoms with Gasteiger partial charge in [0.15, 0.2) is 0 Å². The first-order chi connectivity index (χ1) is 8.43. The summed E-state index contributed by atoms with van der Waals surface area (Å²) in [6, 6.07) is 4.24. The number of rotatable bonds is 4. The van der Waals surface area contributed by atoms with Gasteiger partial charge in [-0.2, -0.15) is 0 Å². The van der Waals surface area contributed by atoms with E-state index >= 15 is 0 Å². The molecule has 17 heavy (non-hydrogen) atoms. The first-order valence-corrected chi connectivity index (χ1v) is 7.37. The van der Waals surface area contributed by atoms with Crippen molar-refractivity contribution < 1.29 is 0 Å². The monoisotopic (exact) mass is 246 g/mol. The number of thiophene rings is 1. The Hall–Kier alpha value is -1.09. The maximum absolute atomic E-state index is 4.44. The van der Waals surface area contributed by atoms with Crippen molar-refractivity contribution in [2.45, 2.75) is 32.1 Å². The molecule has 1 aliphatic carbocycles. The molecule has 3 rings (SSSR count). The highest BCUT2D eigenvalue weighted by atomic mass is 32.1. The van der Waals surface area contributed by atoms with Crippen molar-refractivity contribution in [1.82, 2.24) is 4.98 Å². The number of pyridine rings is 1. The Morgan fingerprint density at radius 1 is 1.29 bits per heavy atom. The van der Waals surface area contributed by atoms with Crippen molar-refractivity contribution in [3.8, 4) is 0 Å². The highest BCUT2D eigenvalue weighted by Crippen LogP contribution is 2.28. The molecule has 0 unspecified atom stereocenters. The van der Waals surface area contributed by atoms with Gasteiger partial charge in [-0.3, -0.25) is 0 Å². The van der Waals surface area contributed by atoms with Crippen LogP contribution in [0, 0.1) is 5.92 Å². The molecule has 0 aliphatic heterocycles. The van der Waals surface area contributed by atoms with E-state index in [1.54, 1.807) is 11.3 Å². The van der Waals surface area contributed by atoms with Crippen molar-refractivity contribution in [3.05, 3.63) is 23.7 Å². The summed E-state index contributed by atoms with van der Waals surface area (Å²) in [4.78, 5) is 4.44. The van der Waals surface area contributed by atoms with E-state index < -0.39 is 0 Å². The average Bonchev–Trinajstić information content (AvgIpc) is 2.99. The summed E-state index contributed by atoms with van der Waals surface area (Å²) in [6.45, 7) is 1.06. The molecule has 0 spiro atoms. The molecule has 0 radical (unpaired) electrons. The summed E-state index contributed by atoms with van der Waals surface area (Å²) in [5, 5.41) is 6.90. The second-order valence-electron chi connectivity index (χ2n) is 4.86. The van der Waals surface area contributed by atoms with Crippen molar-refractivity contribution in [2.24, 2.45) is 5.92 Å². The molecule has 1 fully saturated rings. The zero-order chi connectivity index (χ0) is 11.5. The minimum atomic E-state index is 0.948. The van der Waals surface area contributed by atoms with Crippen LogP contribution in [0.3, 0.4) is 0 Å². The smallest absolute Gasteiger partial charge is 0.134 e. The number of hydrogen-bond acceptors (Lipinski definition) is 3. The van der Waals surface area contributed by atoms with Crippen LogP contribution in [0.2, 0.25) is 0 Å². The van der Waals surface area contributed by atoms with Crippen LogP contribution in [-0.2, 0) is 0 Å². The third-order valence-corrected chi connectivity index (χ3v) is 4.58. The van der Waals surface area contributed by atoms with Crippen LogP contribution in [0.1, 0.15) is 32.1 Å². The first-order valence-electron chi connectivity index (χ1n) is 6.49. The fourth-order valence-corrected chi connectivity index (χ4v) is 3.51. The summed E-state index contributed by atoms with van der Waals surface area (Å²) < 4.78 is 1.32. The van der Waals surface area contributed by atoms with Crippen molar-refractivity contribution in [2.75, 3.05) is 11.9 Å². The van der Waals surface area contributed by atoms with Gasteiger partial charge in [0.1, 0.15) is 5.82 Å². The second-order valence-corrected chi connectivity index (χ2v) is 5.81. The van der Waals surface area contributed by atoms with Crippen molar-refractivity contribution >= 4 is 27.2 Å². The molecular weight excluding hydrogens is 228 g/mol. The molecule has 90 valence electrons. The van der Waals surface area contributed by atoms with Crippen LogP contribution in [-0.4, -0.2) is 11.5 Å². The lowest BCUT2D eigenvalue weighted by atomic mass is 10.0. The predicted octanol–water partition coefficient (Wildman–Crippen LogP) is 4.29. The third-order valence-electron chi connectivity index (χ3n) is 3.70. The van der Waals surface area contributed by atoms with Crippen LogP contribution in [0.4, 0.5) is 5.82 Å². The van der Waals surface area contributed by atoms with Gasteiger partial charge in [-0.1, -0.05) is 25.7 Å². The Bertz CT molecular complexity index is 486. The fourth-order valence-electron chi connectivity index (χ4n) is 2.73. The molecule has 3 heteroatoms. The van der Waals surface area contributed by atoms with E-state index in [4.69, 9.17) is 0 Å². The van der Waals surface area contributed by atoms with Gasteiger partial charge in [0.2, 0.25) is 0 Å². The lowest BCUT2D eigenvalue weighted by molar-refractivity contribution is 0.518. The molecule has 0 bridgehead atoms. The van der Waals surface area contributed by atoms with E-state index in [1.807, 2.05) is 6.20 Å². The van der Waals surface area contributed by atoms with Gasteiger partial charge in [-0.15, -0.1) is 11.3 Å². The first kappa shape index (κ1) is 11.0. The van der Waals surface area contributed by atoms with Crippen LogP contribution in [0.15, 0.2) is 23.7 Å². The van der Waals surface area contributed by atoms with Crippen LogP contribution in [0.25, 0.3) is 10.1 Å². The van der Waals surface area contributed by atoms with E-state index in [9.17, 15) is 0 Å². The highest BCUT2D eigenvalue weighted by Gasteiger charge is 2.14. The predicted molar refractivity (Wildman–Crippen MR) is 74.7 cm³/mol. The average molecular weight is 246 g/mol. The Kier molecular flexibility index (Phi) is 3.27. The fraction of sp³-hybridized carbons (Fsp3) is 0.500. The van der Waals surface area contributed by atoms with Gasteiger partial charge in [0.25, 0.3) is 0 Å². The van der Waals surface area contributed by atoms with E-state index in [-0.39, 0.29) is 0 Å². The molecule has 2 heterocycles. The zero-order valence-corrected chi connectivity index (χ0v) is 10.8. The normalized spacial score (nSPS) is 16.7. The summed E-state index contributed by atoms with van der Waals surface area (Å²) in [7, 11) is 0. The molecule has 0 amide bonds. The molecule has 2 nitrogen and oxygen atoms in total. The largest absolute Gasteiger partial charge is 0.370 e. The number of hydrogen-bond donors (Lipinski definition) is 1. The summed E-state index contributed by atoms with van der Waals surface area (Å²) in [5.41, 5.74) is 0.